The van der Waals surface area contributed by atoms with Gasteiger partial charge in [-0.3, -0.25) is 0 Å². The van der Waals surface area contributed by atoms with Crippen LogP contribution in [0.2, 0.25) is 0 Å². The minimum atomic E-state index is -1.76. The van der Waals surface area contributed by atoms with E-state index in [1.165, 1.54) is 12.1 Å². The van der Waals surface area contributed by atoms with Gasteiger partial charge in [0.2, 0.25) is 4.33 Å². The summed E-state index contributed by atoms with van der Waals surface area (Å²) in [5, 5.41) is 0. The zero-order valence-electron chi connectivity index (χ0n) is 9.39. The molecule has 0 N–H and O–H groups in total. The fourth-order valence-electron chi connectivity index (χ4n) is 0.879. The SMILES string of the molecule is CCC(Cl)(Cl)C(=O)OOC(=O)Oc1ccccc1. The van der Waals surface area contributed by atoms with Crippen molar-refractivity contribution in [3.8, 4) is 5.75 Å². The van der Waals surface area contributed by atoms with Crippen LogP contribution in [0.25, 0.3) is 0 Å². The summed E-state index contributed by atoms with van der Waals surface area (Å²) < 4.78 is 2.93. The Morgan fingerprint density at radius 1 is 1.17 bits per heavy atom. The fourth-order valence-corrected chi connectivity index (χ4v) is 0.942. The van der Waals surface area contributed by atoms with Gasteiger partial charge >= 0.3 is 12.1 Å². The molecule has 0 unspecified atom stereocenters. The van der Waals surface area contributed by atoms with E-state index >= 15 is 0 Å². The van der Waals surface area contributed by atoms with Crippen LogP contribution in [0.3, 0.4) is 0 Å². The Bertz CT molecular complexity index is 419. The molecule has 0 radical (unpaired) electrons. The molecule has 5 nitrogen and oxygen atoms in total. The third-order valence-electron chi connectivity index (χ3n) is 1.87. The Kier molecular flexibility index (Phi) is 5.25. The van der Waals surface area contributed by atoms with E-state index in [0.717, 1.165) is 0 Å². The first kappa shape index (κ1) is 14.6. The molecule has 0 saturated carbocycles. The van der Waals surface area contributed by atoms with Gasteiger partial charge in [-0.05, 0) is 18.6 Å². The molecule has 0 aliphatic rings. The number of hydrogen-bond acceptors (Lipinski definition) is 5. The van der Waals surface area contributed by atoms with Crippen LogP contribution >= 0.6 is 23.2 Å². The van der Waals surface area contributed by atoms with Crippen LogP contribution in [0.1, 0.15) is 13.3 Å². The Morgan fingerprint density at radius 3 is 2.33 bits per heavy atom. The maximum absolute atomic E-state index is 11.2. The third-order valence-corrected chi connectivity index (χ3v) is 2.72. The average Bonchev–Trinajstić information content (AvgIpc) is 2.37. The van der Waals surface area contributed by atoms with Gasteiger partial charge in [-0.25, -0.2) is 14.6 Å². The summed E-state index contributed by atoms with van der Waals surface area (Å²) in [6.45, 7) is 1.57. The van der Waals surface area contributed by atoms with Gasteiger partial charge in [-0.15, -0.1) is 0 Å². The van der Waals surface area contributed by atoms with E-state index in [4.69, 9.17) is 23.2 Å². The average molecular weight is 293 g/mol. The monoisotopic (exact) mass is 292 g/mol. The van der Waals surface area contributed by atoms with Gasteiger partial charge in [0.25, 0.3) is 0 Å². The van der Waals surface area contributed by atoms with E-state index in [0.29, 0.717) is 0 Å². The van der Waals surface area contributed by atoms with Crippen molar-refractivity contribution in [1.82, 2.24) is 0 Å². The summed E-state index contributed by atoms with van der Waals surface area (Å²) in [4.78, 5) is 30.6. The van der Waals surface area contributed by atoms with Crippen molar-refractivity contribution in [2.24, 2.45) is 0 Å². The number of para-hydroxylation sites is 1. The summed E-state index contributed by atoms with van der Waals surface area (Å²) in [6, 6.07) is 8.13. The highest BCUT2D eigenvalue weighted by atomic mass is 35.5. The van der Waals surface area contributed by atoms with E-state index in [1.807, 2.05) is 0 Å². The Labute approximate surface area is 113 Å². The highest BCUT2D eigenvalue weighted by molar-refractivity contribution is 6.57. The van der Waals surface area contributed by atoms with Crippen molar-refractivity contribution < 1.29 is 24.1 Å². The largest absolute Gasteiger partial charge is 0.555 e. The molecule has 1 aromatic carbocycles. The maximum Gasteiger partial charge on any atom is 0.555 e. The molecule has 0 fully saturated rings. The van der Waals surface area contributed by atoms with Crippen LogP contribution in [-0.4, -0.2) is 16.5 Å². The lowest BCUT2D eigenvalue weighted by Gasteiger charge is -2.13. The summed E-state index contributed by atoms with van der Waals surface area (Å²) >= 11 is 11.1. The third kappa shape index (κ3) is 4.43. The Morgan fingerprint density at radius 2 is 1.78 bits per heavy atom. The maximum atomic E-state index is 11.2. The molecule has 0 aromatic heterocycles. The topological polar surface area (TPSA) is 61.8 Å². The first-order chi connectivity index (χ1) is 8.45. The number of benzene rings is 1. The van der Waals surface area contributed by atoms with E-state index in [1.54, 1.807) is 25.1 Å². The standard InChI is InChI=1S/C11H10Cl2O5/c1-2-11(12,13)9(14)17-18-10(15)16-8-6-4-3-5-7-8/h3-7H,2H2,1H3. The lowest BCUT2D eigenvalue weighted by Crippen LogP contribution is -2.29. The molecule has 18 heavy (non-hydrogen) atoms. The number of alkyl halides is 2. The van der Waals surface area contributed by atoms with Crippen LogP contribution < -0.4 is 4.74 Å². The molecule has 98 valence electrons. The normalized spacial score (nSPS) is 10.6. The second kappa shape index (κ2) is 6.47. The number of halogens is 2. The van der Waals surface area contributed by atoms with Crippen molar-refractivity contribution >= 4 is 35.3 Å². The fraction of sp³-hybridized carbons (Fsp3) is 0.273. The van der Waals surface area contributed by atoms with Crippen molar-refractivity contribution in [1.29, 1.82) is 0 Å². The van der Waals surface area contributed by atoms with Crippen molar-refractivity contribution in [2.45, 2.75) is 17.7 Å². The number of carbonyl (C=O) groups excluding carboxylic acids is 2. The van der Waals surface area contributed by atoms with E-state index in [9.17, 15) is 9.59 Å². The van der Waals surface area contributed by atoms with E-state index in [-0.39, 0.29) is 12.2 Å². The quantitative estimate of drug-likeness (QED) is 0.281. The van der Waals surface area contributed by atoms with Gasteiger partial charge in [0.05, 0.1) is 0 Å². The van der Waals surface area contributed by atoms with Gasteiger partial charge in [0.15, 0.2) is 0 Å². The van der Waals surface area contributed by atoms with Crippen LogP contribution in [0, 0.1) is 0 Å². The number of carbonyl (C=O) groups is 2. The molecule has 7 heteroatoms. The summed E-state index contributed by atoms with van der Waals surface area (Å²) in [7, 11) is 0. The Hall–Kier alpha value is -1.46. The second-order valence-electron chi connectivity index (χ2n) is 3.18. The van der Waals surface area contributed by atoms with Crippen LogP contribution in [0.15, 0.2) is 30.3 Å². The predicted octanol–water partition coefficient (Wildman–Crippen LogP) is 3.24. The highest BCUT2D eigenvalue weighted by Crippen LogP contribution is 2.26. The summed E-state index contributed by atoms with van der Waals surface area (Å²) in [6.07, 6.45) is -1.10. The molecule has 0 saturated heterocycles. The molecule has 0 heterocycles. The minimum Gasteiger partial charge on any atom is -0.393 e. The second-order valence-corrected chi connectivity index (χ2v) is 4.66. The zero-order chi connectivity index (χ0) is 13.6. The van der Waals surface area contributed by atoms with E-state index in [2.05, 4.69) is 14.5 Å². The summed E-state index contributed by atoms with van der Waals surface area (Å²) in [5.41, 5.74) is 0. The van der Waals surface area contributed by atoms with Crippen LogP contribution in [0.5, 0.6) is 5.75 Å². The smallest absolute Gasteiger partial charge is 0.393 e. The molecule has 1 rings (SSSR count). The van der Waals surface area contributed by atoms with Crippen LogP contribution in [0.4, 0.5) is 4.79 Å². The molecule has 0 aliphatic carbocycles. The van der Waals surface area contributed by atoms with E-state index < -0.39 is 16.5 Å². The molecule has 1 aromatic rings. The van der Waals surface area contributed by atoms with Crippen molar-refractivity contribution in [3.05, 3.63) is 30.3 Å². The van der Waals surface area contributed by atoms with Gasteiger partial charge in [-0.2, -0.15) is 4.79 Å². The number of rotatable bonds is 3. The number of ether oxygens (including phenoxy) is 1. The van der Waals surface area contributed by atoms with Crippen molar-refractivity contribution in [3.63, 3.8) is 0 Å². The molecular formula is C11H10Cl2O5. The molecule has 0 amide bonds. The Balaban J connectivity index is 2.41. The minimum absolute atomic E-state index is 0.103. The van der Waals surface area contributed by atoms with Gasteiger partial charge in [0, 0.05) is 0 Å². The molecule has 0 aliphatic heterocycles. The molecule has 0 atom stereocenters. The van der Waals surface area contributed by atoms with Gasteiger partial charge in [0.1, 0.15) is 5.75 Å². The molecule has 0 bridgehead atoms. The van der Waals surface area contributed by atoms with Crippen molar-refractivity contribution in [2.75, 3.05) is 0 Å². The van der Waals surface area contributed by atoms with Gasteiger partial charge in [-0.1, -0.05) is 48.3 Å². The molecular weight excluding hydrogens is 283 g/mol. The number of hydrogen-bond donors (Lipinski definition) is 0. The lowest BCUT2D eigenvalue weighted by atomic mass is 10.3. The zero-order valence-corrected chi connectivity index (χ0v) is 10.9. The van der Waals surface area contributed by atoms with Gasteiger partial charge < -0.3 is 4.74 Å². The first-order valence-corrected chi connectivity index (χ1v) is 5.75. The lowest BCUT2D eigenvalue weighted by molar-refractivity contribution is -0.239. The predicted molar refractivity (Wildman–Crippen MR) is 64.4 cm³/mol. The summed E-state index contributed by atoms with van der Waals surface area (Å²) in [5.74, 6) is -0.838. The van der Waals surface area contributed by atoms with Crippen LogP contribution in [-0.2, 0) is 14.6 Å². The molecule has 0 spiro atoms. The highest BCUT2D eigenvalue weighted by Gasteiger charge is 2.35. The first-order valence-electron chi connectivity index (χ1n) is 4.99.